The van der Waals surface area contributed by atoms with E-state index < -0.39 is 0 Å². The summed E-state index contributed by atoms with van der Waals surface area (Å²) in [7, 11) is 0. The van der Waals surface area contributed by atoms with E-state index in [1.807, 2.05) is 18.2 Å². The first-order chi connectivity index (χ1) is 11.3. The number of rotatable bonds is 6. The number of nitrogens with two attached hydrogens (primary N) is 1. The summed E-state index contributed by atoms with van der Waals surface area (Å²) in [5, 5.41) is 18.1. The second-order valence-corrected chi connectivity index (χ2v) is 7.09. The van der Waals surface area contributed by atoms with E-state index in [1.54, 1.807) is 18.2 Å². The summed E-state index contributed by atoms with van der Waals surface area (Å²) in [5.74, 6) is 1.24. The first-order valence-electron chi connectivity index (χ1n) is 8.47. The fourth-order valence-corrected chi connectivity index (χ4v) is 2.71. The van der Waals surface area contributed by atoms with Crippen LogP contribution in [0, 0.1) is 11.8 Å². The molecule has 0 fully saturated rings. The fraction of sp³-hybridized carbons (Fsp3) is 0.400. The van der Waals surface area contributed by atoms with Crippen molar-refractivity contribution < 1.29 is 5.11 Å². The van der Waals surface area contributed by atoms with Crippen molar-refractivity contribution in [3.63, 3.8) is 0 Å². The third-order valence-electron chi connectivity index (χ3n) is 3.70. The number of phenolic OH excluding ortho intramolecular Hbond substituents is 1. The van der Waals surface area contributed by atoms with Gasteiger partial charge in [0.25, 0.3) is 0 Å². The van der Waals surface area contributed by atoms with Crippen molar-refractivity contribution in [3.8, 4) is 5.75 Å². The number of anilines is 1. The number of azo groups is 1. The molecule has 0 aliphatic carbocycles. The Morgan fingerprint density at radius 3 is 1.92 bits per heavy atom. The molecule has 128 valence electrons. The zero-order valence-electron chi connectivity index (χ0n) is 15.0. The first kappa shape index (κ1) is 18.0. The minimum atomic E-state index is 0.185. The maximum Gasteiger partial charge on any atom is 0.117 e. The third kappa shape index (κ3) is 5.08. The van der Waals surface area contributed by atoms with Crippen molar-refractivity contribution in [1.29, 1.82) is 0 Å². The monoisotopic (exact) mass is 325 g/mol. The SMILES string of the molecule is CC(C)Cc1cc(N=Nc2cccc(O)c2)cc(CC(C)C)c1N. The summed E-state index contributed by atoms with van der Waals surface area (Å²) in [4.78, 5) is 0. The number of nitrogens with zero attached hydrogens (tertiary/aromatic N) is 2. The highest BCUT2D eigenvalue weighted by atomic mass is 16.3. The van der Waals surface area contributed by atoms with Gasteiger partial charge in [-0.2, -0.15) is 10.2 Å². The van der Waals surface area contributed by atoms with Crippen LogP contribution in [-0.2, 0) is 12.8 Å². The maximum atomic E-state index is 9.51. The Balaban J connectivity index is 2.37. The molecule has 0 bridgehead atoms. The number of phenols is 1. The Bertz CT molecular complexity index is 690. The summed E-state index contributed by atoms with van der Waals surface area (Å²) >= 11 is 0. The lowest BCUT2D eigenvalue weighted by atomic mass is 9.94. The standard InChI is InChI=1S/C20H27N3O/c1-13(2)8-15-10-18(11-16(20(15)21)9-14(3)4)23-22-17-6-5-7-19(24)12-17/h5-7,10-14,24H,8-9,21H2,1-4H3. The van der Waals surface area contributed by atoms with Crippen LogP contribution < -0.4 is 5.73 Å². The van der Waals surface area contributed by atoms with E-state index in [2.05, 4.69) is 37.9 Å². The van der Waals surface area contributed by atoms with Crippen LogP contribution in [-0.4, -0.2) is 5.11 Å². The van der Waals surface area contributed by atoms with Crippen LogP contribution in [0.4, 0.5) is 17.1 Å². The van der Waals surface area contributed by atoms with Crippen molar-refractivity contribution in [2.75, 3.05) is 5.73 Å². The Hall–Kier alpha value is -2.36. The smallest absolute Gasteiger partial charge is 0.117 e. The van der Waals surface area contributed by atoms with Crippen molar-refractivity contribution in [2.45, 2.75) is 40.5 Å². The van der Waals surface area contributed by atoms with Gasteiger partial charge in [-0.05, 0) is 60.1 Å². The highest BCUT2D eigenvalue weighted by Crippen LogP contribution is 2.30. The zero-order valence-corrected chi connectivity index (χ0v) is 15.0. The van der Waals surface area contributed by atoms with E-state index in [9.17, 15) is 5.11 Å². The number of hydrogen-bond donors (Lipinski definition) is 2. The minimum absolute atomic E-state index is 0.185. The van der Waals surface area contributed by atoms with Gasteiger partial charge in [0.1, 0.15) is 5.75 Å². The molecule has 0 saturated heterocycles. The molecular weight excluding hydrogens is 298 g/mol. The molecular formula is C20H27N3O. The molecule has 0 atom stereocenters. The zero-order chi connectivity index (χ0) is 17.7. The molecule has 0 aliphatic rings. The lowest BCUT2D eigenvalue weighted by molar-refractivity contribution is 0.475. The Labute approximate surface area is 144 Å². The molecule has 0 spiro atoms. The molecule has 0 radical (unpaired) electrons. The Morgan fingerprint density at radius 1 is 0.875 bits per heavy atom. The van der Waals surface area contributed by atoms with E-state index in [0.717, 1.165) is 35.3 Å². The Morgan fingerprint density at radius 2 is 1.42 bits per heavy atom. The van der Waals surface area contributed by atoms with Gasteiger partial charge in [0.2, 0.25) is 0 Å². The van der Waals surface area contributed by atoms with Crippen LogP contribution in [0.5, 0.6) is 5.75 Å². The predicted molar refractivity (Wildman–Crippen MR) is 100 cm³/mol. The second-order valence-electron chi connectivity index (χ2n) is 7.09. The molecule has 4 heteroatoms. The summed E-state index contributed by atoms with van der Waals surface area (Å²) in [6.45, 7) is 8.73. The van der Waals surface area contributed by atoms with E-state index in [1.165, 1.54) is 0 Å². The normalized spacial score (nSPS) is 11.8. The number of aromatic hydroxyl groups is 1. The van der Waals surface area contributed by atoms with Crippen LogP contribution in [0.3, 0.4) is 0 Å². The quantitative estimate of drug-likeness (QED) is 0.521. The average Bonchev–Trinajstić information content (AvgIpc) is 2.48. The van der Waals surface area contributed by atoms with Gasteiger partial charge in [0.15, 0.2) is 0 Å². The maximum absolute atomic E-state index is 9.51. The van der Waals surface area contributed by atoms with E-state index in [0.29, 0.717) is 17.5 Å². The molecule has 0 amide bonds. The topological polar surface area (TPSA) is 71.0 Å². The lowest BCUT2D eigenvalue weighted by Crippen LogP contribution is -2.05. The molecule has 3 N–H and O–H groups in total. The molecule has 0 aliphatic heterocycles. The van der Waals surface area contributed by atoms with Crippen molar-refractivity contribution in [1.82, 2.24) is 0 Å². The molecule has 0 saturated carbocycles. The minimum Gasteiger partial charge on any atom is -0.508 e. The average molecular weight is 325 g/mol. The molecule has 2 aromatic carbocycles. The molecule has 0 aromatic heterocycles. The van der Waals surface area contributed by atoms with Gasteiger partial charge in [0.05, 0.1) is 11.4 Å². The lowest BCUT2D eigenvalue weighted by Gasteiger charge is -2.15. The Kier molecular flexibility index (Phi) is 5.96. The first-order valence-corrected chi connectivity index (χ1v) is 8.47. The summed E-state index contributed by atoms with van der Waals surface area (Å²) in [5.41, 5.74) is 11.0. The van der Waals surface area contributed by atoms with Crippen LogP contribution in [0.15, 0.2) is 46.6 Å². The van der Waals surface area contributed by atoms with Crippen LogP contribution >= 0.6 is 0 Å². The van der Waals surface area contributed by atoms with E-state index in [-0.39, 0.29) is 5.75 Å². The second kappa shape index (κ2) is 7.95. The van der Waals surface area contributed by atoms with Gasteiger partial charge in [-0.25, -0.2) is 0 Å². The number of benzene rings is 2. The molecule has 0 unspecified atom stereocenters. The molecule has 24 heavy (non-hydrogen) atoms. The van der Waals surface area contributed by atoms with Crippen molar-refractivity contribution in [3.05, 3.63) is 47.5 Å². The summed E-state index contributed by atoms with van der Waals surface area (Å²) < 4.78 is 0. The van der Waals surface area contributed by atoms with Crippen molar-refractivity contribution in [2.24, 2.45) is 22.1 Å². The van der Waals surface area contributed by atoms with E-state index >= 15 is 0 Å². The van der Waals surface area contributed by atoms with Gasteiger partial charge in [0, 0.05) is 11.8 Å². The predicted octanol–water partition coefficient (Wildman–Crippen LogP) is 5.79. The van der Waals surface area contributed by atoms with Gasteiger partial charge in [-0.3, -0.25) is 0 Å². The van der Waals surface area contributed by atoms with Gasteiger partial charge in [-0.1, -0.05) is 33.8 Å². The highest BCUT2D eigenvalue weighted by molar-refractivity contribution is 5.61. The molecule has 4 nitrogen and oxygen atoms in total. The molecule has 0 heterocycles. The highest BCUT2D eigenvalue weighted by Gasteiger charge is 2.11. The number of hydrogen-bond acceptors (Lipinski definition) is 4. The molecule has 2 rings (SSSR count). The van der Waals surface area contributed by atoms with E-state index in [4.69, 9.17) is 5.73 Å². The third-order valence-corrected chi connectivity index (χ3v) is 3.70. The molecule has 2 aromatic rings. The van der Waals surface area contributed by atoms with Crippen LogP contribution in [0.25, 0.3) is 0 Å². The summed E-state index contributed by atoms with van der Waals surface area (Å²) in [6, 6.07) is 10.8. The largest absolute Gasteiger partial charge is 0.508 e. The van der Waals surface area contributed by atoms with Gasteiger partial charge >= 0.3 is 0 Å². The van der Waals surface area contributed by atoms with Gasteiger partial charge < -0.3 is 10.8 Å². The van der Waals surface area contributed by atoms with Gasteiger partial charge in [-0.15, -0.1) is 0 Å². The van der Waals surface area contributed by atoms with Crippen molar-refractivity contribution >= 4 is 17.1 Å². The van der Waals surface area contributed by atoms with Crippen LogP contribution in [0.2, 0.25) is 0 Å². The summed E-state index contributed by atoms with van der Waals surface area (Å²) in [6.07, 6.45) is 1.85. The fourth-order valence-electron chi connectivity index (χ4n) is 2.71. The number of nitrogen functional groups attached to an aromatic ring is 1. The van der Waals surface area contributed by atoms with Crippen LogP contribution in [0.1, 0.15) is 38.8 Å².